The van der Waals surface area contributed by atoms with Crippen LogP contribution < -0.4 is 0 Å². The van der Waals surface area contributed by atoms with Crippen LogP contribution in [0.1, 0.15) is 63.2 Å². The highest BCUT2D eigenvalue weighted by atomic mass is 32.2. The largest absolute Gasteiger partial charge is 0.465 e. The third-order valence-corrected chi connectivity index (χ3v) is 4.83. The molecule has 4 heteroatoms. The number of ketones is 1. The van der Waals surface area contributed by atoms with E-state index in [0.29, 0.717) is 30.3 Å². The van der Waals surface area contributed by atoms with E-state index in [-0.39, 0.29) is 11.8 Å². The Morgan fingerprint density at radius 1 is 1.26 bits per heavy atom. The SMILES string of the molecule is CCCCC(CC)COC(=O)CCSc1cccc(C(C)=O)c1. The van der Waals surface area contributed by atoms with Gasteiger partial charge in [0.2, 0.25) is 0 Å². The van der Waals surface area contributed by atoms with Crippen molar-refractivity contribution < 1.29 is 14.3 Å². The molecule has 0 aliphatic rings. The Morgan fingerprint density at radius 3 is 2.70 bits per heavy atom. The standard InChI is InChI=1S/C19H28O3S/c1-4-6-8-16(5-2)14-22-19(21)11-12-23-18-10-7-9-17(13-18)15(3)20/h7,9-10,13,16H,4-6,8,11-12,14H2,1-3H3. The lowest BCUT2D eigenvalue weighted by Crippen LogP contribution is -2.14. The molecule has 0 saturated carbocycles. The van der Waals surface area contributed by atoms with Crippen LogP contribution in [0.2, 0.25) is 0 Å². The monoisotopic (exact) mass is 336 g/mol. The van der Waals surface area contributed by atoms with Crippen LogP contribution >= 0.6 is 11.8 Å². The number of rotatable bonds is 11. The highest BCUT2D eigenvalue weighted by Crippen LogP contribution is 2.20. The van der Waals surface area contributed by atoms with Crippen molar-refractivity contribution in [3.63, 3.8) is 0 Å². The molecule has 0 N–H and O–H groups in total. The first kappa shape index (κ1) is 19.8. The van der Waals surface area contributed by atoms with Gasteiger partial charge in [0.15, 0.2) is 5.78 Å². The van der Waals surface area contributed by atoms with Crippen LogP contribution in [0.25, 0.3) is 0 Å². The second-order valence-electron chi connectivity index (χ2n) is 5.78. The first-order valence-electron chi connectivity index (χ1n) is 8.46. The number of hydrogen-bond donors (Lipinski definition) is 0. The van der Waals surface area contributed by atoms with E-state index in [1.165, 1.54) is 12.8 Å². The maximum absolute atomic E-state index is 11.8. The third kappa shape index (κ3) is 8.21. The van der Waals surface area contributed by atoms with Crippen molar-refractivity contribution in [2.75, 3.05) is 12.4 Å². The van der Waals surface area contributed by atoms with Gasteiger partial charge in [-0.05, 0) is 31.4 Å². The van der Waals surface area contributed by atoms with E-state index in [1.807, 2.05) is 24.3 Å². The lowest BCUT2D eigenvalue weighted by atomic mass is 10.0. The van der Waals surface area contributed by atoms with Gasteiger partial charge in [-0.25, -0.2) is 0 Å². The fourth-order valence-electron chi connectivity index (χ4n) is 2.24. The lowest BCUT2D eigenvalue weighted by molar-refractivity contribution is -0.144. The fraction of sp³-hybridized carbons (Fsp3) is 0.579. The van der Waals surface area contributed by atoms with Crippen LogP contribution in [-0.2, 0) is 9.53 Å². The van der Waals surface area contributed by atoms with E-state index >= 15 is 0 Å². The van der Waals surface area contributed by atoms with Crippen LogP contribution in [0.5, 0.6) is 0 Å². The van der Waals surface area contributed by atoms with Gasteiger partial charge in [-0.2, -0.15) is 0 Å². The first-order chi connectivity index (χ1) is 11.1. The van der Waals surface area contributed by atoms with Crippen molar-refractivity contribution in [2.45, 2.75) is 57.8 Å². The van der Waals surface area contributed by atoms with Crippen molar-refractivity contribution in [1.82, 2.24) is 0 Å². The maximum Gasteiger partial charge on any atom is 0.306 e. The number of Topliss-reactive ketones (excluding diaryl/α,β-unsaturated/α-hetero) is 1. The Kier molecular flexibility index (Phi) is 9.69. The molecule has 23 heavy (non-hydrogen) atoms. The highest BCUT2D eigenvalue weighted by molar-refractivity contribution is 7.99. The van der Waals surface area contributed by atoms with Crippen molar-refractivity contribution in [2.24, 2.45) is 5.92 Å². The van der Waals surface area contributed by atoms with Crippen molar-refractivity contribution in [1.29, 1.82) is 0 Å². The van der Waals surface area contributed by atoms with Crippen molar-refractivity contribution in [3.8, 4) is 0 Å². The maximum atomic E-state index is 11.8. The number of ether oxygens (including phenoxy) is 1. The van der Waals surface area contributed by atoms with E-state index in [4.69, 9.17) is 4.74 Å². The molecular weight excluding hydrogens is 308 g/mol. The van der Waals surface area contributed by atoms with Crippen molar-refractivity contribution in [3.05, 3.63) is 29.8 Å². The fourth-order valence-corrected chi connectivity index (χ4v) is 3.13. The molecule has 0 spiro atoms. The summed E-state index contributed by atoms with van der Waals surface area (Å²) in [5.41, 5.74) is 0.708. The molecule has 0 radical (unpaired) electrons. The number of hydrogen-bond acceptors (Lipinski definition) is 4. The van der Waals surface area contributed by atoms with Crippen LogP contribution in [0.4, 0.5) is 0 Å². The van der Waals surface area contributed by atoms with Crippen LogP contribution in [0.15, 0.2) is 29.2 Å². The summed E-state index contributed by atoms with van der Waals surface area (Å²) in [7, 11) is 0. The number of carbonyl (C=O) groups is 2. The van der Waals surface area contributed by atoms with Gasteiger partial charge < -0.3 is 4.74 Å². The van der Waals surface area contributed by atoms with Gasteiger partial charge in [0.25, 0.3) is 0 Å². The zero-order valence-corrected chi connectivity index (χ0v) is 15.3. The van der Waals surface area contributed by atoms with Gasteiger partial charge in [0.1, 0.15) is 0 Å². The summed E-state index contributed by atoms with van der Waals surface area (Å²) in [6, 6.07) is 7.51. The Morgan fingerprint density at radius 2 is 2.04 bits per heavy atom. The summed E-state index contributed by atoms with van der Waals surface area (Å²) in [5.74, 6) is 1.09. The number of unbranched alkanes of at least 4 members (excludes halogenated alkanes) is 1. The van der Waals surface area contributed by atoms with E-state index in [9.17, 15) is 9.59 Å². The molecule has 0 fully saturated rings. The lowest BCUT2D eigenvalue weighted by Gasteiger charge is -2.14. The molecule has 0 heterocycles. The van der Waals surface area contributed by atoms with Crippen LogP contribution in [0.3, 0.4) is 0 Å². The second-order valence-corrected chi connectivity index (χ2v) is 6.95. The number of thioether (sulfide) groups is 1. The minimum absolute atomic E-state index is 0.0598. The number of esters is 1. The summed E-state index contributed by atoms with van der Waals surface area (Å²) in [6.45, 7) is 6.42. The van der Waals surface area contributed by atoms with Crippen LogP contribution in [0, 0.1) is 5.92 Å². The van der Waals surface area contributed by atoms with Crippen LogP contribution in [-0.4, -0.2) is 24.1 Å². The third-order valence-electron chi connectivity index (χ3n) is 3.84. The Balaban J connectivity index is 2.28. The van der Waals surface area contributed by atoms with E-state index in [0.717, 1.165) is 17.7 Å². The van der Waals surface area contributed by atoms with Crippen molar-refractivity contribution >= 4 is 23.5 Å². The number of carbonyl (C=O) groups excluding carboxylic acids is 2. The summed E-state index contributed by atoms with van der Waals surface area (Å²) in [5, 5.41) is 0. The normalized spacial score (nSPS) is 12.0. The molecule has 0 aliphatic carbocycles. The predicted molar refractivity (Wildman–Crippen MR) is 96.1 cm³/mol. The van der Waals surface area contributed by atoms with E-state index < -0.39 is 0 Å². The Labute approximate surface area is 144 Å². The highest BCUT2D eigenvalue weighted by Gasteiger charge is 2.10. The minimum Gasteiger partial charge on any atom is -0.465 e. The summed E-state index contributed by atoms with van der Waals surface area (Å²) in [4.78, 5) is 24.2. The molecule has 1 atom stereocenters. The first-order valence-corrected chi connectivity index (χ1v) is 9.44. The smallest absolute Gasteiger partial charge is 0.306 e. The van der Waals surface area contributed by atoms with Gasteiger partial charge in [-0.15, -0.1) is 11.8 Å². The topological polar surface area (TPSA) is 43.4 Å². The molecule has 0 amide bonds. The molecule has 0 aliphatic heterocycles. The molecule has 1 rings (SSSR count). The summed E-state index contributed by atoms with van der Waals surface area (Å²) >= 11 is 1.58. The molecule has 1 unspecified atom stereocenters. The van der Waals surface area contributed by atoms with E-state index in [1.54, 1.807) is 18.7 Å². The zero-order valence-electron chi connectivity index (χ0n) is 14.5. The average Bonchev–Trinajstić information content (AvgIpc) is 2.55. The molecule has 1 aromatic carbocycles. The van der Waals surface area contributed by atoms with E-state index in [2.05, 4.69) is 13.8 Å². The van der Waals surface area contributed by atoms with Gasteiger partial charge in [0.05, 0.1) is 13.0 Å². The van der Waals surface area contributed by atoms with Gasteiger partial charge in [-0.3, -0.25) is 9.59 Å². The number of benzene rings is 1. The second kappa shape index (κ2) is 11.3. The predicted octanol–water partition coefficient (Wildman–Crippen LogP) is 5.13. The molecule has 0 aromatic heterocycles. The Bertz CT molecular complexity index is 499. The molecule has 0 saturated heterocycles. The zero-order chi connectivity index (χ0) is 17.1. The minimum atomic E-state index is -0.129. The summed E-state index contributed by atoms with van der Waals surface area (Å²) in [6.07, 6.45) is 4.96. The molecule has 0 bridgehead atoms. The van der Waals surface area contributed by atoms with Gasteiger partial charge in [0, 0.05) is 16.2 Å². The Hall–Kier alpha value is -1.29. The molecule has 128 valence electrons. The average molecular weight is 336 g/mol. The molecule has 3 nitrogen and oxygen atoms in total. The quantitative estimate of drug-likeness (QED) is 0.319. The summed E-state index contributed by atoms with van der Waals surface area (Å²) < 4.78 is 5.39. The molecular formula is C19H28O3S. The van der Waals surface area contributed by atoms with Gasteiger partial charge >= 0.3 is 5.97 Å². The van der Waals surface area contributed by atoms with Gasteiger partial charge in [-0.1, -0.05) is 45.2 Å². The molecule has 1 aromatic rings.